The summed E-state index contributed by atoms with van der Waals surface area (Å²) >= 11 is 0. The van der Waals surface area contributed by atoms with Crippen LogP contribution in [0.15, 0.2) is 24.3 Å². The van der Waals surface area contributed by atoms with Crippen molar-refractivity contribution in [2.24, 2.45) is 0 Å². The predicted octanol–water partition coefficient (Wildman–Crippen LogP) is 0.773. The molecule has 1 aromatic rings. The number of carboxylic acids is 2. The predicted molar refractivity (Wildman–Crippen MR) is 63.1 cm³/mol. The Hall–Kier alpha value is -1.89. The maximum absolute atomic E-state index is 11.7. The molecule has 0 aliphatic carbocycles. The Balaban J connectivity index is 2.92. The van der Waals surface area contributed by atoms with Gasteiger partial charge < -0.3 is 10.2 Å². The van der Waals surface area contributed by atoms with Crippen LogP contribution in [0, 0.1) is 0 Å². The maximum Gasteiger partial charge on any atom is 0.335 e. The number of sulfone groups is 1. The van der Waals surface area contributed by atoms with Gasteiger partial charge in [0, 0.05) is 0 Å². The molecule has 0 fully saturated rings. The van der Waals surface area contributed by atoms with Gasteiger partial charge in [0.1, 0.15) is 0 Å². The van der Waals surface area contributed by atoms with Gasteiger partial charge in [0.2, 0.25) is 0 Å². The zero-order valence-corrected chi connectivity index (χ0v) is 10.3. The molecule has 0 aromatic heterocycles. The molecule has 0 saturated carbocycles. The van der Waals surface area contributed by atoms with Gasteiger partial charge in [0.05, 0.1) is 11.3 Å². The lowest BCUT2D eigenvalue weighted by molar-refractivity contribution is -0.136. The Labute approximate surface area is 104 Å². The highest BCUT2D eigenvalue weighted by molar-refractivity contribution is 7.91. The minimum Gasteiger partial charge on any atom is -0.480 e. The number of aliphatic carboxylic acids is 1. The first-order valence-electron chi connectivity index (χ1n) is 5.00. The van der Waals surface area contributed by atoms with Gasteiger partial charge in [-0.05, 0) is 24.6 Å². The Morgan fingerprint density at radius 3 is 2.06 bits per heavy atom. The Morgan fingerprint density at radius 2 is 1.67 bits per heavy atom. The van der Waals surface area contributed by atoms with Crippen LogP contribution in [0.5, 0.6) is 0 Å². The first kappa shape index (κ1) is 14.2. The van der Waals surface area contributed by atoms with E-state index in [4.69, 9.17) is 10.2 Å². The molecule has 0 bridgehead atoms. The molecule has 7 heteroatoms. The highest BCUT2D eigenvalue weighted by atomic mass is 32.2. The van der Waals surface area contributed by atoms with E-state index < -0.39 is 32.8 Å². The molecule has 6 nitrogen and oxygen atoms in total. The zero-order chi connectivity index (χ0) is 13.9. The molecule has 1 rings (SSSR count). The van der Waals surface area contributed by atoms with E-state index in [-0.39, 0.29) is 5.56 Å². The quantitative estimate of drug-likeness (QED) is 0.819. The number of carbonyl (C=O) groups is 2. The van der Waals surface area contributed by atoms with Crippen molar-refractivity contribution in [3.63, 3.8) is 0 Å². The SMILES string of the molecule is CC(C(=O)O)S(=O)(=O)Cc1ccc(C(=O)O)cc1. The van der Waals surface area contributed by atoms with Crippen LogP contribution in [0.4, 0.5) is 0 Å². The van der Waals surface area contributed by atoms with Gasteiger partial charge in [0.25, 0.3) is 0 Å². The van der Waals surface area contributed by atoms with E-state index >= 15 is 0 Å². The number of hydrogen-bond acceptors (Lipinski definition) is 4. The van der Waals surface area contributed by atoms with Crippen LogP contribution in [-0.2, 0) is 20.4 Å². The van der Waals surface area contributed by atoms with Crippen molar-refractivity contribution in [2.45, 2.75) is 17.9 Å². The number of hydrogen-bond donors (Lipinski definition) is 2. The minimum absolute atomic E-state index is 0.0439. The summed E-state index contributed by atoms with van der Waals surface area (Å²) in [6.45, 7) is 1.10. The van der Waals surface area contributed by atoms with Crippen LogP contribution in [0.25, 0.3) is 0 Å². The van der Waals surface area contributed by atoms with Crippen molar-refractivity contribution in [1.82, 2.24) is 0 Å². The molecule has 1 unspecified atom stereocenters. The van der Waals surface area contributed by atoms with E-state index in [2.05, 4.69) is 0 Å². The summed E-state index contributed by atoms with van der Waals surface area (Å²) in [5.41, 5.74) is 0.399. The van der Waals surface area contributed by atoms with Crippen LogP contribution in [0.2, 0.25) is 0 Å². The highest BCUT2D eigenvalue weighted by Gasteiger charge is 2.27. The lowest BCUT2D eigenvalue weighted by Gasteiger charge is -2.08. The zero-order valence-electron chi connectivity index (χ0n) is 9.53. The molecule has 1 aromatic carbocycles. The third-order valence-electron chi connectivity index (χ3n) is 2.46. The fraction of sp³-hybridized carbons (Fsp3) is 0.273. The average molecular weight is 272 g/mol. The molecule has 0 aliphatic heterocycles. The molecule has 0 spiro atoms. The van der Waals surface area contributed by atoms with Gasteiger partial charge in [-0.1, -0.05) is 12.1 Å². The molecule has 2 N–H and O–H groups in total. The fourth-order valence-corrected chi connectivity index (χ4v) is 2.47. The lowest BCUT2D eigenvalue weighted by atomic mass is 10.1. The summed E-state index contributed by atoms with van der Waals surface area (Å²) in [5.74, 6) is -2.94. The van der Waals surface area contributed by atoms with Crippen molar-refractivity contribution in [3.05, 3.63) is 35.4 Å². The Kier molecular flexibility index (Phi) is 4.07. The van der Waals surface area contributed by atoms with Crippen LogP contribution >= 0.6 is 0 Å². The second-order valence-corrected chi connectivity index (χ2v) is 6.11. The third-order valence-corrected chi connectivity index (χ3v) is 4.47. The fourth-order valence-electron chi connectivity index (χ4n) is 1.25. The van der Waals surface area contributed by atoms with E-state index in [1.165, 1.54) is 24.3 Å². The van der Waals surface area contributed by atoms with E-state index in [0.29, 0.717) is 5.56 Å². The number of rotatable bonds is 5. The minimum atomic E-state index is -3.79. The largest absolute Gasteiger partial charge is 0.480 e. The van der Waals surface area contributed by atoms with Gasteiger partial charge in [-0.25, -0.2) is 13.2 Å². The third kappa shape index (κ3) is 3.30. The summed E-state index contributed by atoms with van der Waals surface area (Å²) in [6, 6.07) is 5.27. The molecule has 98 valence electrons. The van der Waals surface area contributed by atoms with Crippen molar-refractivity contribution < 1.29 is 28.2 Å². The Bertz CT molecular complexity index is 558. The first-order chi connectivity index (χ1) is 8.24. The number of benzene rings is 1. The monoisotopic (exact) mass is 272 g/mol. The van der Waals surface area contributed by atoms with E-state index in [9.17, 15) is 18.0 Å². The van der Waals surface area contributed by atoms with E-state index in [1.807, 2.05) is 0 Å². The van der Waals surface area contributed by atoms with Crippen molar-refractivity contribution in [2.75, 3.05) is 0 Å². The van der Waals surface area contributed by atoms with E-state index in [1.54, 1.807) is 0 Å². The molecule has 1 atom stereocenters. The summed E-state index contributed by atoms with van der Waals surface area (Å²) in [6.07, 6.45) is 0. The molecule has 18 heavy (non-hydrogen) atoms. The molecule has 0 heterocycles. The van der Waals surface area contributed by atoms with Crippen LogP contribution < -0.4 is 0 Å². The number of aromatic carboxylic acids is 1. The van der Waals surface area contributed by atoms with Gasteiger partial charge in [-0.3, -0.25) is 4.79 Å². The van der Waals surface area contributed by atoms with Crippen molar-refractivity contribution in [1.29, 1.82) is 0 Å². The highest BCUT2D eigenvalue weighted by Crippen LogP contribution is 2.12. The first-order valence-corrected chi connectivity index (χ1v) is 6.72. The second kappa shape index (κ2) is 5.18. The topological polar surface area (TPSA) is 109 Å². The normalized spacial score (nSPS) is 12.9. The lowest BCUT2D eigenvalue weighted by Crippen LogP contribution is -2.28. The molecular weight excluding hydrogens is 260 g/mol. The molecule has 0 amide bonds. The molecule has 0 aliphatic rings. The molecule has 0 radical (unpaired) electrons. The molecule has 0 saturated heterocycles. The van der Waals surface area contributed by atoms with Gasteiger partial charge in [0.15, 0.2) is 15.1 Å². The van der Waals surface area contributed by atoms with Crippen molar-refractivity contribution >= 4 is 21.8 Å². The van der Waals surface area contributed by atoms with Crippen molar-refractivity contribution in [3.8, 4) is 0 Å². The standard InChI is InChI=1S/C11H12O6S/c1-7(10(12)13)18(16,17)6-8-2-4-9(5-3-8)11(14)15/h2-5,7H,6H2,1H3,(H,12,13)(H,14,15). The smallest absolute Gasteiger partial charge is 0.335 e. The summed E-state index contributed by atoms with van der Waals surface area (Å²) in [5, 5.41) is 15.8. The van der Waals surface area contributed by atoms with Crippen LogP contribution in [0.1, 0.15) is 22.8 Å². The number of carboxylic acid groups (broad SMARTS) is 2. The average Bonchev–Trinajstić information content (AvgIpc) is 2.28. The van der Waals surface area contributed by atoms with E-state index in [0.717, 1.165) is 6.92 Å². The van der Waals surface area contributed by atoms with Gasteiger partial charge >= 0.3 is 11.9 Å². The summed E-state index contributed by atoms with van der Waals surface area (Å²) < 4.78 is 23.3. The summed E-state index contributed by atoms with van der Waals surface area (Å²) in [7, 11) is -3.79. The van der Waals surface area contributed by atoms with Gasteiger partial charge in [-0.15, -0.1) is 0 Å². The maximum atomic E-state index is 11.7. The van der Waals surface area contributed by atoms with Crippen LogP contribution in [0.3, 0.4) is 0 Å². The second-order valence-electron chi connectivity index (χ2n) is 3.79. The summed E-state index contributed by atoms with van der Waals surface area (Å²) in [4.78, 5) is 21.2. The van der Waals surface area contributed by atoms with Gasteiger partial charge in [-0.2, -0.15) is 0 Å². The molecular formula is C11H12O6S. The van der Waals surface area contributed by atoms with Crippen LogP contribution in [-0.4, -0.2) is 35.8 Å². The Morgan fingerprint density at radius 1 is 1.17 bits per heavy atom.